The van der Waals surface area contributed by atoms with Gasteiger partial charge in [-0.1, -0.05) is 92.4 Å². The molecule has 6 nitrogen and oxygen atoms in total. The highest BCUT2D eigenvalue weighted by atomic mass is 16.6. The van der Waals surface area contributed by atoms with Crippen LogP contribution in [0.2, 0.25) is 0 Å². The van der Waals surface area contributed by atoms with E-state index in [2.05, 4.69) is 66.7 Å². The lowest BCUT2D eigenvalue weighted by molar-refractivity contribution is -0.180. The predicted molar refractivity (Wildman–Crippen MR) is 221 cm³/mol. The molecule has 14 unspecified atom stereocenters. The van der Waals surface area contributed by atoms with E-state index in [4.69, 9.17) is 4.74 Å². The van der Waals surface area contributed by atoms with Crippen LogP contribution in [0.5, 0.6) is 0 Å². The first-order valence-electron chi connectivity index (χ1n) is 23.8. The second kappa shape index (κ2) is 13.7. The molecular weight excluding hydrogens is 695 g/mol. The number of ether oxygens (including phenoxy) is 1. The summed E-state index contributed by atoms with van der Waals surface area (Å²) in [6, 6.07) is 0. The van der Waals surface area contributed by atoms with Crippen LogP contribution in [0.4, 0.5) is 4.79 Å². The first kappa shape index (κ1) is 39.8. The van der Waals surface area contributed by atoms with Gasteiger partial charge in [0.2, 0.25) is 0 Å². The Morgan fingerprint density at radius 1 is 0.857 bits per heavy atom. The highest BCUT2D eigenvalue weighted by molar-refractivity contribution is 6.00. The summed E-state index contributed by atoms with van der Waals surface area (Å²) in [7, 11) is 0. The first-order valence-corrected chi connectivity index (χ1v) is 23.8. The lowest BCUT2D eigenvalue weighted by Gasteiger charge is -2.71. The summed E-state index contributed by atoms with van der Waals surface area (Å²) >= 11 is 0. The second-order valence-electron chi connectivity index (χ2n) is 23.3. The number of carbonyl (C=O) groups is 2. The van der Waals surface area contributed by atoms with E-state index in [0.717, 1.165) is 88.5 Å². The predicted octanol–water partition coefficient (Wildman–Crippen LogP) is 10.7. The number of fused-ring (bicyclic) bond motifs is 3. The van der Waals surface area contributed by atoms with Crippen molar-refractivity contribution < 1.29 is 24.5 Å². The molecule has 0 heterocycles. The van der Waals surface area contributed by atoms with Gasteiger partial charge in [0.05, 0.1) is 18.2 Å². The molecule has 8 fully saturated rings. The second-order valence-corrected chi connectivity index (χ2v) is 23.3. The third-order valence-corrected chi connectivity index (χ3v) is 20.3. The monoisotopic (exact) mass is 772 g/mol. The molecule has 56 heavy (non-hydrogen) atoms. The maximum atomic E-state index is 15.1. The number of carbonyl (C=O) groups excluding carboxylic acids is 2. The molecule has 4 bridgehead atoms. The molecule has 8 saturated carbocycles. The molecule has 0 aromatic rings. The van der Waals surface area contributed by atoms with Crippen LogP contribution in [0.3, 0.4) is 0 Å². The number of aliphatic hydroxyl groups excluding tert-OH is 1. The molecule has 2 spiro atoms. The molecule has 11 rings (SSSR count). The van der Waals surface area contributed by atoms with Crippen LogP contribution in [0.1, 0.15) is 164 Å². The fourth-order valence-electron chi connectivity index (χ4n) is 16.6. The Morgan fingerprint density at radius 2 is 1.57 bits per heavy atom. The van der Waals surface area contributed by atoms with Gasteiger partial charge in [0.25, 0.3) is 0 Å². The van der Waals surface area contributed by atoms with Crippen LogP contribution in [-0.2, 0) is 9.53 Å². The highest BCUT2D eigenvalue weighted by Crippen LogP contribution is 2.78. The van der Waals surface area contributed by atoms with Crippen molar-refractivity contribution in [2.75, 3.05) is 13.1 Å². The summed E-state index contributed by atoms with van der Waals surface area (Å²) in [6.45, 7) is 17.5. The minimum absolute atomic E-state index is 0.0340. The van der Waals surface area contributed by atoms with E-state index >= 15 is 4.79 Å². The zero-order valence-electron chi connectivity index (χ0n) is 36.3. The van der Waals surface area contributed by atoms with Gasteiger partial charge < -0.3 is 19.8 Å². The SMILES string of the molecule is CC1CCC(C(C)C)C(OC(=O)N(CC2CCC3CC2C3(C)C)CC2(O)CCC3C45C=CC6(C=C4C(=O)C4CCCCC4)CC(O)CCC6(C)C5CCC32C)C1. The first-order chi connectivity index (χ1) is 26.5. The Bertz CT molecular complexity index is 1620. The van der Waals surface area contributed by atoms with E-state index in [-0.39, 0.29) is 41.0 Å². The van der Waals surface area contributed by atoms with Crippen molar-refractivity contribution in [1.29, 1.82) is 0 Å². The van der Waals surface area contributed by atoms with E-state index in [1.807, 2.05) is 4.90 Å². The molecule has 14 atom stereocenters. The van der Waals surface area contributed by atoms with Crippen molar-refractivity contribution in [3.05, 3.63) is 23.8 Å². The molecule has 11 aliphatic rings. The number of ketones is 1. The molecule has 1 amide bonds. The summed E-state index contributed by atoms with van der Waals surface area (Å²) in [5.41, 5.74) is -0.952. The molecule has 6 heteroatoms. The molecule has 2 N–H and O–H groups in total. The number of rotatable bonds is 8. The summed E-state index contributed by atoms with van der Waals surface area (Å²) in [5, 5.41) is 24.6. The number of allylic oxidation sites excluding steroid dienone is 4. The van der Waals surface area contributed by atoms with Crippen molar-refractivity contribution in [1.82, 2.24) is 4.90 Å². The average molecular weight is 772 g/mol. The van der Waals surface area contributed by atoms with Crippen molar-refractivity contribution in [2.45, 2.75) is 182 Å². The van der Waals surface area contributed by atoms with Gasteiger partial charge in [-0.25, -0.2) is 4.79 Å². The Kier molecular flexibility index (Phi) is 9.72. The summed E-state index contributed by atoms with van der Waals surface area (Å²) in [6.07, 6.45) is 24.8. The Morgan fingerprint density at radius 3 is 2.29 bits per heavy atom. The molecule has 0 aromatic heterocycles. The Labute approximate surface area is 339 Å². The molecule has 11 aliphatic carbocycles. The quantitative estimate of drug-likeness (QED) is 0.240. The van der Waals surface area contributed by atoms with Crippen LogP contribution in [0.25, 0.3) is 0 Å². The number of aliphatic hydroxyl groups is 2. The van der Waals surface area contributed by atoms with Gasteiger partial charge in [-0.2, -0.15) is 0 Å². The normalized spacial score (nSPS) is 49.0. The number of Topliss-reactive ketones (excluding diaryl/α,β-unsaturated/α-hetero) is 1. The lowest BCUT2D eigenvalue weighted by Crippen LogP contribution is -2.67. The fraction of sp³-hybridized carbons (Fsp3) is 0.880. The lowest BCUT2D eigenvalue weighted by atomic mass is 9.32. The van der Waals surface area contributed by atoms with Crippen molar-refractivity contribution >= 4 is 11.9 Å². The van der Waals surface area contributed by atoms with Crippen molar-refractivity contribution in [2.24, 2.45) is 80.3 Å². The van der Waals surface area contributed by atoms with Crippen LogP contribution in [0.15, 0.2) is 23.8 Å². The van der Waals surface area contributed by atoms with E-state index in [9.17, 15) is 15.0 Å². The third-order valence-electron chi connectivity index (χ3n) is 20.3. The Balaban J connectivity index is 1.06. The molecule has 0 aromatic carbocycles. The number of amides is 1. The summed E-state index contributed by atoms with van der Waals surface area (Å²) < 4.78 is 6.68. The molecule has 0 aliphatic heterocycles. The van der Waals surface area contributed by atoms with E-state index in [1.54, 1.807) is 0 Å². The van der Waals surface area contributed by atoms with E-state index < -0.39 is 16.4 Å². The van der Waals surface area contributed by atoms with Gasteiger partial charge in [0, 0.05) is 34.3 Å². The van der Waals surface area contributed by atoms with Gasteiger partial charge in [0.1, 0.15) is 6.10 Å². The minimum Gasteiger partial charge on any atom is -0.446 e. The third kappa shape index (κ3) is 5.64. The Hall–Kier alpha value is -1.66. The molecule has 312 valence electrons. The number of hydrogen-bond donors (Lipinski definition) is 2. The van der Waals surface area contributed by atoms with E-state index in [0.29, 0.717) is 72.6 Å². The van der Waals surface area contributed by atoms with Crippen LogP contribution < -0.4 is 0 Å². The standard InChI is InChI=1S/C50H77NO5/c1-31(2)37-16-13-32(3)25-40(37)56-44(54)51(29-34-14-15-35-26-38(34)45(35,4)5)30-49(55)22-19-42-47(49,7)21-18-41-46(6)20-17-36(52)27-48(46)23-24-50(41,42)39(28-48)43(53)33-11-9-8-10-12-33/h23-24,28,31-38,40-42,52,55H,8-22,25-27,29-30H2,1-7H3. The maximum absolute atomic E-state index is 15.1. The smallest absolute Gasteiger partial charge is 0.410 e. The van der Waals surface area contributed by atoms with Gasteiger partial charge in [-0.05, 0) is 148 Å². The number of hydrogen-bond acceptors (Lipinski definition) is 5. The topological polar surface area (TPSA) is 87.1 Å². The van der Waals surface area contributed by atoms with Gasteiger partial charge in [-0.3, -0.25) is 4.79 Å². The maximum Gasteiger partial charge on any atom is 0.410 e. The fourth-order valence-corrected chi connectivity index (χ4v) is 16.6. The van der Waals surface area contributed by atoms with Gasteiger partial charge in [0.15, 0.2) is 5.78 Å². The molecular formula is C50H77NO5. The van der Waals surface area contributed by atoms with Gasteiger partial charge >= 0.3 is 6.09 Å². The van der Waals surface area contributed by atoms with Crippen molar-refractivity contribution in [3.63, 3.8) is 0 Å². The molecule has 0 radical (unpaired) electrons. The van der Waals surface area contributed by atoms with Crippen LogP contribution in [0, 0.1) is 80.3 Å². The minimum atomic E-state index is -1.08. The van der Waals surface area contributed by atoms with Crippen LogP contribution >= 0.6 is 0 Å². The zero-order chi connectivity index (χ0) is 39.6. The van der Waals surface area contributed by atoms with E-state index in [1.165, 1.54) is 25.7 Å². The van der Waals surface area contributed by atoms with Crippen molar-refractivity contribution in [3.8, 4) is 0 Å². The largest absolute Gasteiger partial charge is 0.446 e. The number of nitrogens with zero attached hydrogens (tertiary/aromatic N) is 1. The summed E-state index contributed by atoms with van der Waals surface area (Å²) in [5.74, 6) is 4.05. The highest BCUT2D eigenvalue weighted by Gasteiger charge is 2.75. The summed E-state index contributed by atoms with van der Waals surface area (Å²) in [4.78, 5) is 31.9. The van der Waals surface area contributed by atoms with Gasteiger partial charge in [-0.15, -0.1) is 0 Å². The zero-order valence-corrected chi connectivity index (χ0v) is 36.3. The average Bonchev–Trinajstić information content (AvgIpc) is 3.44. The van der Waals surface area contributed by atoms with Crippen LogP contribution in [-0.4, -0.2) is 57.9 Å². The molecule has 0 saturated heterocycles.